The predicted molar refractivity (Wildman–Crippen MR) is 62.5 cm³/mol. The summed E-state index contributed by atoms with van der Waals surface area (Å²) >= 11 is 0. The molecule has 16 heavy (non-hydrogen) atoms. The average Bonchev–Trinajstić information content (AvgIpc) is 2.67. The van der Waals surface area contributed by atoms with Crippen molar-refractivity contribution in [2.75, 3.05) is 13.2 Å². The number of ether oxygens (including phenoxy) is 1. The molecule has 0 spiro atoms. The van der Waals surface area contributed by atoms with Gasteiger partial charge in [-0.1, -0.05) is 6.07 Å². The highest BCUT2D eigenvalue weighted by molar-refractivity contribution is 4.93. The van der Waals surface area contributed by atoms with Gasteiger partial charge in [0.1, 0.15) is 0 Å². The highest BCUT2D eigenvalue weighted by Gasteiger charge is 2.22. The van der Waals surface area contributed by atoms with Crippen molar-refractivity contribution in [2.45, 2.75) is 32.0 Å². The van der Waals surface area contributed by atoms with Gasteiger partial charge in [-0.15, -0.1) is 0 Å². The zero-order chi connectivity index (χ0) is 11.4. The molecule has 0 amide bonds. The molecule has 2 heterocycles. The molecule has 1 saturated heterocycles. The van der Waals surface area contributed by atoms with Crippen LogP contribution in [0.2, 0.25) is 0 Å². The second-order valence-electron chi connectivity index (χ2n) is 4.16. The summed E-state index contributed by atoms with van der Waals surface area (Å²) in [6, 6.07) is 5.66. The Labute approximate surface area is 95.2 Å². The topological polar surface area (TPSA) is 43.3 Å². The zero-order valence-corrected chi connectivity index (χ0v) is 9.56. The molecular weight excluding hydrogens is 204 g/mol. The van der Waals surface area contributed by atoms with Gasteiger partial charge in [0.15, 0.2) is 0 Å². The van der Waals surface area contributed by atoms with E-state index < -0.39 is 0 Å². The summed E-state index contributed by atoms with van der Waals surface area (Å²) in [5, 5.41) is 3.42. The van der Waals surface area contributed by atoms with Gasteiger partial charge in [0.05, 0.1) is 6.10 Å². The number of nitrogens with zero attached hydrogens (tertiary/aromatic N) is 1. The molecule has 0 saturated carbocycles. The lowest BCUT2D eigenvalue weighted by molar-refractivity contribution is 0.113. The van der Waals surface area contributed by atoms with Crippen LogP contribution in [0.3, 0.4) is 0 Å². The highest BCUT2D eigenvalue weighted by atomic mass is 16.5. The Kier molecular flexibility index (Phi) is 3.74. The number of pyridine rings is 1. The van der Waals surface area contributed by atoms with Crippen LogP contribution in [0.5, 0.6) is 0 Å². The van der Waals surface area contributed by atoms with E-state index in [9.17, 15) is 4.79 Å². The maximum atomic E-state index is 11.4. The minimum absolute atomic E-state index is 0.0556. The Bertz CT molecular complexity index is 389. The molecule has 1 aromatic heterocycles. The third-order valence-corrected chi connectivity index (χ3v) is 3.03. The van der Waals surface area contributed by atoms with E-state index in [4.69, 9.17) is 4.74 Å². The van der Waals surface area contributed by atoms with Gasteiger partial charge in [0.2, 0.25) is 0 Å². The lowest BCUT2D eigenvalue weighted by Crippen LogP contribution is -2.37. The van der Waals surface area contributed by atoms with Crippen molar-refractivity contribution in [1.29, 1.82) is 0 Å². The molecule has 1 aliphatic rings. The molecule has 0 aromatic carbocycles. The first kappa shape index (κ1) is 11.4. The molecule has 0 bridgehead atoms. The van der Waals surface area contributed by atoms with Gasteiger partial charge in [-0.2, -0.15) is 0 Å². The van der Waals surface area contributed by atoms with Gasteiger partial charge in [0, 0.05) is 38.0 Å². The lowest BCUT2D eigenvalue weighted by Gasteiger charge is -2.16. The molecule has 1 aliphatic heterocycles. The van der Waals surface area contributed by atoms with Gasteiger partial charge in [-0.3, -0.25) is 4.79 Å². The van der Waals surface area contributed by atoms with Gasteiger partial charge in [0.25, 0.3) is 5.56 Å². The maximum Gasteiger partial charge on any atom is 0.250 e. The largest absolute Gasteiger partial charge is 0.377 e. The number of rotatable bonds is 4. The predicted octanol–water partition coefficient (Wildman–Crippen LogP) is 0.615. The summed E-state index contributed by atoms with van der Waals surface area (Å²) in [6.07, 6.45) is 3.16. The van der Waals surface area contributed by atoms with E-state index in [0.717, 1.165) is 19.6 Å². The van der Waals surface area contributed by atoms with Crippen molar-refractivity contribution in [3.63, 3.8) is 0 Å². The van der Waals surface area contributed by atoms with E-state index in [0.29, 0.717) is 12.6 Å². The minimum atomic E-state index is 0.0556. The molecule has 4 nitrogen and oxygen atoms in total. The van der Waals surface area contributed by atoms with Crippen LogP contribution < -0.4 is 10.9 Å². The van der Waals surface area contributed by atoms with Crippen LogP contribution in [0.4, 0.5) is 0 Å². The van der Waals surface area contributed by atoms with Crippen molar-refractivity contribution in [2.24, 2.45) is 0 Å². The fraction of sp³-hybridized carbons (Fsp3) is 0.583. The summed E-state index contributed by atoms with van der Waals surface area (Å²) in [7, 11) is 0. The molecule has 2 atom stereocenters. The Morgan fingerprint density at radius 1 is 1.56 bits per heavy atom. The van der Waals surface area contributed by atoms with Crippen molar-refractivity contribution in [3.05, 3.63) is 34.7 Å². The zero-order valence-electron chi connectivity index (χ0n) is 9.56. The fourth-order valence-corrected chi connectivity index (χ4v) is 2.02. The third-order valence-electron chi connectivity index (χ3n) is 3.03. The minimum Gasteiger partial charge on any atom is -0.377 e. The molecule has 1 aromatic rings. The lowest BCUT2D eigenvalue weighted by atomic mass is 10.1. The normalized spacial score (nSPS) is 24.8. The van der Waals surface area contributed by atoms with Crippen LogP contribution in [0.15, 0.2) is 29.2 Å². The number of aromatic nitrogens is 1. The number of hydrogen-bond acceptors (Lipinski definition) is 3. The highest BCUT2D eigenvalue weighted by Crippen LogP contribution is 2.11. The van der Waals surface area contributed by atoms with E-state index in [1.807, 2.05) is 12.3 Å². The maximum absolute atomic E-state index is 11.4. The molecule has 2 unspecified atom stereocenters. The molecular formula is C12H18N2O2. The summed E-state index contributed by atoms with van der Waals surface area (Å²) in [6.45, 7) is 4.44. The van der Waals surface area contributed by atoms with Crippen LogP contribution in [0.25, 0.3) is 0 Å². The Hall–Kier alpha value is -1.13. The molecule has 1 fully saturated rings. The van der Waals surface area contributed by atoms with Crippen LogP contribution in [-0.2, 0) is 11.3 Å². The van der Waals surface area contributed by atoms with Crippen molar-refractivity contribution in [1.82, 2.24) is 9.88 Å². The molecule has 88 valence electrons. The molecule has 1 N–H and O–H groups in total. The summed E-state index contributed by atoms with van der Waals surface area (Å²) in [5.74, 6) is 0. The van der Waals surface area contributed by atoms with Crippen molar-refractivity contribution >= 4 is 0 Å². The SMILES string of the molecule is CC1OCCC1NCCn1ccccc1=O. The molecule has 0 radical (unpaired) electrons. The Balaban J connectivity index is 1.80. The second-order valence-corrected chi connectivity index (χ2v) is 4.16. The van der Waals surface area contributed by atoms with Gasteiger partial charge in [-0.25, -0.2) is 0 Å². The van der Waals surface area contributed by atoms with E-state index in [1.54, 1.807) is 16.7 Å². The average molecular weight is 222 g/mol. The van der Waals surface area contributed by atoms with Gasteiger partial charge in [-0.05, 0) is 19.4 Å². The molecule has 2 rings (SSSR count). The van der Waals surface area contributed by atoms with Crippen LogP contribution >= 0.6 is 0 Å². The first-order chi connectivity index (χ1) is 7.77. The number of hydrogen-bond donors (Lipinski definition) is 1. The standard InChI is InChI=1S/C12H18N2O2/c1-10-11(5-9-16-10)13-6-8-14-7-3-2-4-12(14)15/h2-4,7,10-11,13H,5-6,8-9H2,1H3. The molecule has 4 heteroatoms. The summed E-state index contributed by atoms with van der Waals surface area (Å²) in [5.41, 5.74) is 0.0556. The van der Waals surface area contributed by atoms with Gasteiger partial charge >= 0.3 is 0 Å². The van der Waals surface area contributed by atoms with E-state index in [2.05, 4.69) is 12.2 Å². The van der Waals surface area contributed by atoms with E-state index >= 15 is 0 Å². The monoisotopic (exact) mass is 222 g/mol. The molecule has 0 aliphatic carbocycles. The van der Waals surface area contributed by atoms with E-state index in [-0.39, 0.29) is 11.7 Å². The van der Waals surface area contributed by atoms with Crippen LogP contribution in [-0.4, -0.2) is 29.9 Å². The fourth-order valence-electron chi connectivity index (χ4n) is 2.02. The Morgan fingerprint density at radius 2 is 2.44 bits per heavy atom. The van der Waals surface area contributed by atoms with Crippen molar-refractivity contribution in [3.8, 4) is 0 Å². The van der Waals surface area contributed by atoms with Crippen molar-refractivity contribution < 1.29 is 4.74 Å². The first-order valence-electron chi connectivity index (χ1n) is 5.78. The van der Waals surface area contributed by atoms with Crippen LogP contribution in [0.1, 0.15) is 13.3 Å². The first-order valence-corrected chi connectivity index (χ1v) is 5.78. The quantitative estimate of drug-likeness (QED) is 0.812. The van der Waals surface area contributed by atoms with Crippen LogP contribution in [0, 0.1) is 0 Å². The Morgan fingerprint density at radius 3 is 3.12 bits per heavy atom. The van der Waals surface area contributed by atoms with Gasteiger partial charge < -0.3 is 14.6 Å². The van der Waals surface area contributed by atoms with E-state index in [1.165, 1.54) is 0 Å². The third kappa shape index (κ3) is 2.71. The second kappa shape index (κ2) is 5.27. The summed E-state index contributed by atoms with van der Waals surface area (Å²) in [4.78, 5) is 11.4. The number of nitrogens with one attached hydrogen (secondary N) is 1. The smallest absolute Gasteiger partial charge is 0.250 e. The summed E-state index contributed by atoms with van der Waals surface area (Å²) < 4.78 is 7.18.